The van der Waals surface area contributed by atoms with E-state index < -0.39 is 0 Å². The van der Waals surface area contributed by atoms with Gasteiger partial charge in [-0.3, -0.25) is 4.79 Å². The van der Waals surface area contributed by atoms with Gasteiger partial charge in [0, 0.05) is 25.1 Å². The maximum atomic E-state index is 12.1. The molecule has 0 radical (unpaired) electrons. The van der Waals surface area contributed by atoms with Crippen LogP contribution in [0.4, 0.5) is 0 Å². The van der Waals surface area contributed by atoms with E-state index in [0.29, 0.717) is 6.42 Å². The van der Waals surface area contributed by atoms with Gasteiger partial charge in [0.05, 0.1) is 5.69 Å². The lowest BCUT2D eigenvalue weighted by Crippen LogP contribution is -2.32. The lowest BCUT2D eigenvalue weighted by atomic mass is 10.1. The van der Waals surface area contributed by atoms with Crippen LogP contribution in [0, 0.1) is 13.8 Å². The summed E-state index contributed by atoms with van der Waals surface area (Å²) in [6, 6.07) is 0. The van der Waals surface area contributed by atoms with Crippen molar-refractivity contribution >= 4 is 5.91 Å². The zero-order chi connectivity index (χ0) is 13.5. The van der Waals surface area contributed by atoms with Crippen LogP contribution in [0.5, 0.6) is 0 Å². The molecule has 0 fully saturated rings. The Balaban J connectivity index is 2.53. The van der Waals surface area contributed by atoms with E-state index in [1.165, 1.54) is 0 Å². The number of nitrogens with zero attached hydrogens (tertiary/aromatic N) is 2. The third kappa shape index (κ3) is 3.86. The largest absolute Gasteiger partial charge is 0.361 e. The Morgan fingerprint density at radius 3 is 2.28 bits per heavy atom. The van der Waals surface area contributed by atoms with Crippen LogP contribution in [0.2, 0.25) is 0 Å². The van der Waals surface area contributed by atoms with Gasteiger partial charge in [-0.05, 0) is 33.1 Å². The summed E-state index contributed by atoms with van der Waals surface area (Å²) in [6.07, 6.45) is 3.29. The third-order valence-electron chi connectivity index (χ3n) is 3.11. The quantitative estimate of drug-likeness (QED) is 0.749. The summed E-state index contributed by atoms with van der Waals surface area (Å²) in [5.41, 5.74) is 1.98. The number of hydrogen-bond acceptors (Lipinski definition) is 3. The second-order valence-corrected chi connectivity index (χ2v) is 4.68. The summed E-state index contributed by atoms with van der Waals surface area (Å²) in [7, 11) is 0. The number of aryl methyl sites for hydroxylation is 2. The standard InChI is InChI=1S/C14H24N2O2/c1-5-9-16(10-6-2)14(17)8-7-13-11(3)15-18-12(13)4/h5-10H2,1-4H3. The van der Waals surface area contributed by atoms with E-state index in [0.717, 1.165) is 49.4 Å². The lowest BCUT2D eigenvalue weighted by molar-refractivity contribution is -0.131. The summed E-state index contributed by atoms with van der Waals surface area (Å²) >= 11 is 0. The Morgan fingerprint density at radius 2 is 1.83 bits per heavy atom. The van der Waals surface area contributed by atoms with E-state index in [1.807, 2.05) is 18.7 Å². The van der Waals surface area contributed by atoms with Crippen LogP contribution < -0.4 is 0 Å². The van der Waals surface area contributed by atoms with E-state index in [4.69, 9.17) is 4.52 Å². The van der Waals surface area contributed by atoms with Crippen LogP contribution in [-0.4, -0.2) is 29.1 Å². The zero-order valence-electron chi connectivity index (χ0n) is 12.0. The Morgan fingerprint density at radius 1 is 1.22 bits per heavy atom. The molecule has 0 saturated heterocycles. The fourth-order valence-corrected chi connectivity index (χ4v) is 2.15. The smallest absolute Gasteiger partial charge is 0.222 e. The van der Waals surface area contributed by atoms with Gasteiger partial charge >= 0.3 is 0 Å². The molecule has 1 heterocycles. The van der Waals surface area contributed by atoms with Crippen molar-refractivity contribution in [1.29, 1.82) is 0 Å². The second kappa shape index (κ2) is 7.19. The van der Waals surface area contributed by atoms with Crippen molar-refractivity contribution in [2.24, 2.45) is 0 Å². The molecule has 0 spiro atoms. The molecule has 0 aliphatic carbocycles. The fraction of sp³-hybridized carbons (Fsp3) is 0.714. The van der Waals surface area contributed by atoms with Crippen molar-refractivity contribution in [3.8, 4) is 0 Å². The molecule has 0 aliphatic heterocycles. The van der Waals surface area contributed by atoms with E-state index in [1.54, 1.807) is 0 Å². The molecule has 1 rings (SSSR count). The second-order valence-electron chi connectivity index (χ2n) is 4.68. The fourth-order valence-electron chi connectivity index (χ4n) is 2.15. The number of carbonyl (C=O) groups is 1. The molecule has 0 bridgehead atoms. The highest BCUT2D eigenvalue weighted by Crippen LogP contribution is 2.15. The highest BCUT2D eigenvalue weighted by molar-refractivity contribution is 5.76. The van der Waals surface area contributed by atoms with Crippen LogP contribution in [0.1, 0.15) is 50.1 Å². The van der Waals surface area contributed by atoms with E-state index in [9.17, 15) is 4.79 Å². The monoisotopic (exact) mass is 252 g/mol. The molecule has 0 unspecified atom stereocenters. The van der Waals surface area contributed by atoms with Crippen molar-refractivity contribution in [3.63, 3.8) is 0 Å². The average molecular weight is 252 g/mol. The van der Waals surface area contributed by atoms with Gasteiger partial charge in [0.15, 0.2) is 0 Å². The Bertz CT molecular complexity index is 360. The van der Waals surface area contributed by atoms with Gasteiger partial charge in [-0.15, -0.1) is 0 Å². The molecule has 18 heavy (non-hydrogen) atoms. The van der Waals surface area contributed by atoms with Crippen LogP contribution in [0.25, 0.3) is 0 Å². The van der Waals surface area contributed by atoms with Gasteiger partial charge in [-0.1, -0.05) is 19.0 Å². The average Bonchev–Trinajstić information content (AvgIpc) is 2.66. The lowest BCUT2D eigenvalue weighted by Gasteiger charge is -2.21. The van der Waals surface area contributed by atoms with Crippen molar-refractivity contribution in [3.05, 3.63) is 17.0 Å². The predicted octanol–water partition coefficient (Wildman–Crippen LogP) is 2.87. The number of aromatic nitrogens is 1. The normalized spacial score (nSPS) is 10.7. The highest BCUT2D eigenvalue weighted by Gasteiger charge is 2.15. The number of carbonyl (C=O) groups excluding carboxylic acids is 1. The van der Waals surface area contributed by atoms with Crippen LogP contribution >= 0.6 is 0 Å². The minimum absolute atomic E-state index is 0.235. The third-order valence-corrected chi connectivity index (χ3v) is 3.11. The summed E-state index contributed by atoms with van der Waals surface area (Å²) < 4.78 is 5.11. The van der Waals surface area contributed by atoms with Crippen molar-refractivity contribution in [1.82, 2.24) is 10.1 Å². The van der Waals surface area contributed by atoms with Crippen molar-refractivity contribution in [2.45, 2.75) is 53.4 Å². The molecule has 1 aromatic heterocycles. The topological polar surface area (TPSA) is 46.3 Å². The first-order valence-electron chi connectivity index (χ1n) is 6.79. The molecule has 102 valence electrons. The minimum Gasteiger partial charge on any atom is -0.361 e. The first kappa shape index (κ1) is 14.7. The van der Waals surface area contributed by atoms with E-state index in [-0.39, 0.29) is 5.91 Å². The van der Waals surface area contributed by atoms with Gasteiger partial charge in [0.2, 0.25) is 5.91 Å². The van der Waals surface area contributed by atoms with Crippen molar-refractivity contribution < 1.29 is 9.32 Å². The van der Waals surface area contributed by atoms with Gasteiger partial charge in [0.1, 0.15) is 5.76 Å². The molecule has 4 nitrogen and oxygen atoms in total. The van der Waals surface area contributed by atoms with E-state index >= 15 is 0 Å². The van der Waals surface area contributed by atoms with Gasteiger partial charge in [-0.25, -0.2) is 0 Å². The molecule has 1 aromatic rings. The highest BCUT2D eigenvalue weighted by atomic mass is 16.5. The molecule has 1 amide bonds. The number of amides is 1. The summed E-state index contributed by atoms with van der Waals surface area (Å²) in [5, 5.41) is 3.91. The number of rotatable bonds is 7. The minimum atomic E-state index is 0.235. The Labute approximate surface area is 109 Å². The van der Waals surface area contributed by atoms with Crippen LogP contribution in [-0.2, 0) is 11.2 Å². The molecular formula is C14H24N2O2. The Hall–Kier alpha value is -1.32. The molecule has 0 N–H and O–H groups in total. The van der Waals surface area contributed by atoms with Gasteiger partial charge < -0.3 is 9.42 Å². The van der Waals surface area contributed by atoms with Gasteiger partial charge in [0.25, 0.3) is 0 Å². The summed E-state index contributed by atoms with van der Waals surface area (Å²) in [5.74, 6) is 1.07. The molecule has 0 aliphatic rings. The van der Waals surface area contributed by atoms with E-state index in [2.05, 4.69) is 19.0 Å². The summed E-state index contributed by atoms with van der Waals surface area (Å²) in [4.78, 5) is 14.1. The zero-order valence-corrected chi connectivity index (χ0v) is 12.0. The molecule has 0 saturated carbocycles. The molecule has 4 heteroatoms. The predicted molar refractivity (Wildman–Crippen MR) is 71.5 cm³/mol. The summed E-state index contributed by atoms with van der Waals surface area (Å²) in [6.45, 7) is 9.73. The number of hydrogen-bond donors (Lipinski definition) is 0. The first-order chi connectivity index (χ1) is 8.60. The van der Waals surface area contributed by atoms with Crippen LogP contribution in [0.3, 0.4) is 0 Å². The first-order valence-corrected chi connectivity index (χ1v) is 6.79. The van der Waals surface area contributed by atoms with Gasteiger partial charge in [-0.2, -0.15) is 0 Å². The Kier molecular flexibility index (Phi) is 5.89. The molecule has 0 atom stereocenters. The molecule has 0 aromatic carbocycles. The SMILES string of the molecule is CCCN(CCC)C(=O)CCc1c(C)noc1C. The van der Waals surface area contributed by atoms with Crippen molar-refractivity contribution in [2.75, 3.05) is 13.1 Å². The molecular weight excluding hydrogens is 228 g/mol. The van der Waals surface area contributed by atoms with Crippen LogP contribution in [0.15, 0.2) is 4.52 Å². The maximum absolute atomic E-state index is 12.1. The maximum Gasteiger partial charge on any atom is 0.222 e.